The lowest BCUT2D eigenvalue weighted by atomic mass is 9.91. The average molecular weight is 308 g/mol. The van der Waals surface area contributed by atoms with Crippen LogP contribution in [0.2, 0.25) is 0 Å². The van der Waals surface area contributed by atoms with Crippen LogP contribution in [0.15, 0.2) is 0 Å². The summed E-state index contributed by atoms with van der Waals surface area (Å²) in [6, 6.07) is 0.559. The molecule has 0 aromatic carbocycles. The molecule has 1 aromatic heterocycles. The van der Waals surface area contributed by atoms with Crippen LogP contribution in [0.3, 0.4) is 0 Å². The molecule has 1 aliphatic heterocycles. The fourth-order valence-corrected chi connectivity index (χ4v) is 4.65. The highest BCUT2D eigenvalue weighted by molar-refractivity contribution is 7.11. The summed E-state index contributed by atoms with van der Waals surface area (Å²) in [7, 11) is 0. The van der Waals surface area contributed by atoms with Gasteiger partial charge in [0.2, 0.25) is 0 Å². The Morgan fingerprint density at radius 2 is 2.19 bits per heavy atom. The lowest BCUT2D eigenvalue weighted by Gasteiger charge is -2.22. The molecule has 0 spiro atoms. The molecule has 0 radical (unpaired) electrons. The summed E-state index contributed by atoms with van der Waals surface area (Å²) in [6.45, 7) is 6.46. The first kappa shape index (κ1) is 15.4. The van der Waals surface area contributed by atoms with E-state index >= 15 is 0 Å². The zero-order valence-corrected chi connectivity index (χ0v) is 14.2. The molecule has 0 amide bonds. The van der Waals surface area contributed by atoms with Crippen molar-refractivity contribution in [1.29, 1.82) is 0 Å². The Kier molecular flexibility index (Phi) is 5.30. The van der Waals surface area contributed by atoms with Crippen molar-refractivity contribution < 1.29 is 4.74 Å². The van der Waals surface area contributed by atoms with Crippen molar-refractivity contribution >= 4 is 11.3 Å². The van der Waals surface area contributed by atoms with E-state index in [9.17, 15) is 0 Å². The Labute approximate surface area is 132 Å². The summed E-state index contributed by atoms with van der Waals surface area (Å²) in [6.07, 6.45) is 9.04. The zero-order valence-electron chi connectivity index (χ0n) is 13.4. The van der Waals surface area contributed by atoms with Crippen molar-refractivity contribution in [3.63, 3.8) is 0 Å². The number of nitrogens with zero attached hydrogens (tertiary/aromatic N) is 1. The van der Waals surface area contributed by atoms with E-state index in [2.05, 4.69) is 19.2 Å². The van der Waals surface area contributed by atoms with Gasteiger partial charge in [0.25, 0.3) is 0 Å². The number of aromatic nitrogens is 1. The van der Waals surface area contributed by atoms with Crippen LogP contribution in [-0.4, -0.2) is 30.3 Å². The quantitative estimate of drug-likeness (QED) is 0.901. The highest BCUT2D eigenvalue weighted by atomic mass is 32.1. The zero-order chi connectivity index (χ0) is 14.7. The predicted molar refractivity (Wildman–Crippen MR) is 88.2 cm³/mol. The summed E-state index contributed by atoms with van der Waals surface area (Å²) >= 11 is 1.95. The molecule has 0 saturated carbocycles. The second-order valence-electron chi connectivity index (χ2n) is 6.76. The highest BCUT2D eigenvalue weighted by Crippen LogP contribution is 2.35. The number of aryl methyl sites for hydroxylation is 1. The third-order valence-corrected chi connectivity index (χ3v) is 5.72. The van der Waals surface area contributed by atoms with Crippen molar-refractivity contribution in [2.75, 3.05) is 13.2 Å². The third kappa shape index (κ3) is 4.05. The fraction of sp³-hybridized carbons (Fsp3) is 0.824. The van der Waals surface area contributed by atoms with Gasteiger partial charge in [0.1, 0.15) is 0 Å². The minimum Gasteiger partial charge on any atom is -0.378 e. The topological polar surface area (TPSA) is 34.1 Å². The SMILES string of the molecule is CC(C)NCC1CCCc2sc(CC3CCCCO3)nc21. The summed E-state index contributed by atoms with van der Waals surface area (Å²) < 4.78 is 5.87. The summed E-state index contributed by atoms with van der Waals surface area (Å²) in [4.78, 5) is 6.55. The molecular weight excluding hydrogens is 280 g/mol. The summed E-state index contributed by atoms with van der Waals surface area (Å²) in [5.74, 6) is 0.619. The number of thiazole rings is 1. The lowest BCUT2D eigenvalue weighted by molar-refractivity contribution is 0.0167. The van der Waals surface area contributed by atoms with Crippen LogP contribution in [0, 0.1) is 0 Å². The van der Waals surface area contributed by atoms with E-state index in [1.54, 1.807) is 4.88 Å². The van der Waals surface area contributed by atoms with E-state index < -0.39 is 0 Å². The minimum absolute atomic E-state index is 0.415. The second kappa shape index (κ2) is 7.21. The molecule has 1 aromatic rings. The molecule has 2 aliphatic rings. The van der Waals surface area contributed by atoms with Gasteiger partial charge < -0.3 is 10.1 Å². The van der Waals surface area contributed by atoms with E-state index in [-0.39, 0.29) is 0 Å². The van der Waals surface area contributed by atoms with Gasteiger partial charge in [-0.1, -0.05) is 13.8 Å². The number of hydrogen-bond donors (Lipinski definition) is 1. The Balaban J connectivity index is 1.65. The van der Waals surface area contributed by atoms with Gasteiger partial charge in [-0.25, -0.2) is 4.98 Å². The predicted octanol–water partition coefficient (Wildman–Crippen LogP) is 3.67. The second-order valence-corrected chi connectivity index (χ2v) is 7.93. The van der Waals surface area contributed by atoms with E-state index in [4.69, 9.17) is 9.72 Å². The van der Waals surface area contributed by atoms with Crippen molar-refractivity contribution in [2.45, 2.75) is 76.9 Å². The maximum absolute atomic E-state index is 5.87. The fourth-order valence-electron chi connectivity index (χ4n) is 3.38. The molecule has 1 aliphatic carbocycles. The first-order valence-electron chi connectivity index (χ1n) is 8.56. The monoisotopic (exact) mass is 308 g/mol. The van der Waals surface area contributed by atoms with Gasteiger partial charge in [-0.05, 0) is 38.5 Å². The Bertz CT molecular complexity index is 452. The van der Waals surface area contributed by atoms with Crippen LogP contribution in [0.25, 0.3) is 0 Å². The number of nitrogens with one attached hydrogen (secondary N) is 1. The van der Waals surface area contributed by atoms with Crippen molar-refractivity contribution in [3.05, 3.63) is 15.6 Å². The van der Waals surface area contributed by atoms with Crippen LogP contribution >= 0.6 is 11.3 Å². The largest absolute Gasteiger partial charge is 0.378 e. The van der Waals surface area contributed by atoms with Crippen LogP contribution in [-0.2, 0) is 17.6 Å². The van der Waals surface area contributed by atoms with Crippen LogP contribution in [0.5, 0.6) is 0 Å². The molecule has 21 heavy (non-hydrogen) atoms. The lowest BCUT2D eigenvalue weighted by Crippen LogP contribution is -2.29. The summed E-state index contributed by atoms with van der Waals surface area (Å²) in [5, 5.41) is 4.90. The first-order valence-corrected chi connectivity index (χ1v) is 9.37. The standard InChI is InChI=1S/C17H28N2OS/c1-12(2)18-11-13-6-5-8-15-17(13)19-16(21-15)10-14-7-3-4-9-20-14/h12-14,18H,3-11H2,1-2H3. The number of fused-ring (bicyclic) bond motifs is 1. The Morgan fingerprint density at radius 3 is 2.95 bits per heavy atom. The molecule has 3 rings (SSSR count). The van der Waals surface area contributed by atoms with Gasteiger partial charge in [-0.3, -0.25) is 0 Å². The van der Waals surface area contributed by atoms with Crippen molar-refractivity contribution in [3.8, 4) is 0 Å². The van der Waals surface area contributed by atoms with Gasteiger partial charge in [-0.2, -0.15) is 0 Å². The van der Waals surface area contributed by atoms with E-state index in [1.807, 2.05) is 11.3 Å². The molecule has 1 fully saturated rings. The molecule has 4 heteroatoms. The van der Waals surface area contributed by atoms with Gasteiger partial charge in [0, 0.05) is 36.4 Å². The molecule has 2 unspecified atom stereocenters. The molecule has 2 atom stereocenters. The molecule has 118 valence electrons. The van der Waals surface area contributed by atoms with Crippen LogP contribution in [0.4, 0.5) is 0 Å². The minimum atomic E-state index is 0.415. The molecular formula is C17H28N2OS. The van der Waals surface area contributed by atoms with Crippen molar-refractivity contribution in [1.82, 2.24) is 10.3 Å². The number of ether oxygens (including phenoxy) is 1. The average Bonchev–Trinajstić information content (AvgIpc) is 2.89. The van der Waals surface area contributed by atoms with Gasteiger partial charge >= 0.3 is 0 Å². The van der Waals surface area contributed by atoms with E-state index in [0.29, 0.717) is 18.1 Å². The number of hydrogen-bond acceptors (Lipinski definition) is 4. The Hall–Kier alpha value is -0.450. The molecule has 1 saturated heterocycles. The molecule has 3 nitrogen and oxygen atoms in total. The molecule has 2 heterocycles. The van der Waals surface area contributed by atoms with Crippen LogP contribution in [0.1, 0.15) is 67.4 Å². The van der Waals surface area contributed by atoms with E-state index in [1.165, 1.54) is 49.2 Å². The smallest absolute Gasteiger partial charge is 0.0957 e. The van der Waals surface area contributed by atoms with Gasteiger partial charge in [-0.15, -0.1) is 11.3 Å². The molecule has 1 N–H and O–H groups in total. The van der Waals surface area contributed by atoms with Crippen LogP contribution < -0.4 is 5.32 Å². The normalized spacial score (nSPS) is 26.0. The third-order valence-electron chi connectivity index (χ3n) is 4.56. The summed E-state index contributed by atoms with van der Waals surface area (Å²) in [5.41, 5.74) is 1.39. The van der Waals surface area contributed by atoms with Crippen molar-refractivity contribution in [2.24, 2.45) is 0 Å². The Morgan fingerprint density at radius 1 is 1.29 bits per heavy atom. The maximum atomic E-state index is 5.87. The highest BCUT2D eigenvalue weighted by Gasteiger charge is 2.26. The van der Waals surface area contributed by atoms with Gasteiger partial charge in [0.15, 0.2) is 0 Å². The maximum Gasteiger partial charge on any atom is 0.0957 e. The van der Waals surface area contributed by atoms with Gasteiger partial charge in [0.05, 0.1) is 16.8 Å². The van der Waals surface area contributed by atoms with E-state index in [0.717, 1.165) is 19.6 Å². The number of rotatable bonds is 5. The first-order chi connectivity index (χ1) is 10.2. The molecule has 0 bridgehead atoms.